The lowest BCUT2D eigenvalue weighted by Gasteiger charge is -2.28. The normalized spacial score (nSPS) is 19.9. The fraction of sp³-hybridized carbons (Fsp3) is 0.900. The van der Waals surface area contributed by atoms with Gasteiger partial charge in [0.1, 0.15) is 6.04 Å². The predicted molar refractivity (Wildman–Crippen MR) is 53.5 cm³/mol. The van der Waals surface area contributed by atoms with Gasteiger partial charge in [-0.25, -0.2) is 5.01 Å². The maximum absolute atomic E-state index is 12.7. The Morgan fingerprint density at radius 1 is 1.44 bits per heavy atom. The van der Waals surface area contributed by atoms with Crippen LogP contribution in [0.15, 0.2) is 0 Å². The lowest BCUT2D eigenvalue weighted by atomic mass is 10.1. The molecule has 0 saturated carbocycles. The summed E-state index contributed by atoms with van der Waals surface area (Å²) in [5.74, 6) is -0.329. The summed E-state index contributed by atoms with van der Waals surface area (Å²) in [6.07, 6.45) is -1.86. The Kier molecular flexibility index (Phi) is 4.58. The third-order valence-electron chi connectivity index (χ3n) is 2.68. The molecule has 0 spiro atoms. The average Bonchev–Trinajstić information content (AvgIpc) is 2.57. The summed E-state index contributed by atoms with van der Waals surface area (Å²) >= 11 is 0. The molecule has 6 heteroatoms. The van der Waals surface area contributed by atoms with Crippen molar-refractivity contribution in [2.45, 2.75) is 51.2 Å². The second kappa shape index (κ2) is 5.52. The van der Waals surface area contributed by atoms with Crippen molar-refractivity contribution >= 4 is 5.91 Å². The molecule has 1 amide bonds. The van der Waals surface area contributed by atoms with Gasteiger partial charge in [-0.2, -0.15) is 13.2 Å². The first-order valence-corrected chi connectivity index (χ1v) is 5.58. The molecule has 16 heavy (non-hydrogen) atoms. The molecule has 0 aromatic rings. The molecule has 0 radical (unpaired) electrons. The summed E-state index contributed by atoms with van der Waals surface area (Å²) in [7, 11) is 0. The summed E-state index contributed by atoms with van der Waals surface area (Å²) in [6.45, 7) is 2.09. The van der Waals surface area contributed by atoms with Gasteiger partial charge < -0.3 is 0 Å². The summed E-state index contributed by atoms with van der Waals surface area (Å²) in [6, 6.07) is -1.54. The van der Waals surface area contributed by atoms with Crippen LogP contribution < -0.4 is 5.43 Å². The first kappa shape index (κ1) is 13.3. The van der Waals surface area contributed by atoms with Crippen LogP contribution in [0.5, 0.6) is 0 Å². The summed E-state index contributed by atoms with van der Waals surface area (Å²) < 4.78 is 38.2. The Morgan fingerprint density at radius 2 is 2.12 bits per heavy atom. The molecule has 3 nitrogen and oxygen atoms in total. The number of hydrazine groups is 1. The van der Waals surface area contributed by atoms with Crippen molar-refractivity contribution in [2.75, 3.05) is 6.54 Å². The van der Waals surface area contributed by atoms with Gasteiger partial charge in [0.15, 0.2) is 0 Å². The largest absolute Gasteiger partial charge is 0.405 e. The molecular formula is C10H17F3N2O. The van der Waals surface area contributed by atoms with Gasteiger partial charge >= 0.3 is 6.18 Å². The molecule has 1 heterocycles. The number of carbonyl (C=O) groups is 1. The zero-order valence-corrected chi connectivity index (χ0v) is 9.31. The van der Waals surface area contributed by atoms with Crippen LogP contribution in [-0.4, -0.2) is 29.7 Å². The summed E-state index contributed by atoms with van der Waals surface area (Å²) in [5.41, 5.74) is 2.26. The van der Waals surface area contributed by atoms with E-state index in [1.54, 1.807) is 0 Å². The Bertz CT molecular complexity index is 243. The molecule has 0 aliphatic carbocycles. The molecule has 1 atom stereocenters. The van der Waals surface area contributed by atoms with Crippen LogP contribution in [0.25, 0.3) is 0 Å². The Balaban J connectivity index is 2.53. The van der Waals surface area contributed by atoms with E-state index in [0.29, 0.717) is 6.42 Å². The molecule has 1 aliphatic heterocycles. The first-order valence-electron chi connectivity index (χ1n) is 5.58. The zero-order chi connectivity index (χ0) is 12.2. The monoisotopic (exact) mass is 238 g/mol. The van der Waals surface area contributed by atoms with Gasteiger partial charge in [-0.3, -0.25) is 10.2 Å². The minimum Gasteiger partial charge on any atom is -0.288 e. The predicted octanol–water partition coefficient (Wildman–Crippen LogP) is 2.23. The van der Waals surface area contributed by atoms with Gasteiger partial charge in [0, 0.05) is 13.0 Å². The number of unbranched alkanes of at least 4 members (excludes halogenated alkanes) is 2. The number of carbonyl (C=O) groups excluding carboxylic acids is 1. The minimum atomic E-state index is -4.27. The highest BCUT2D eigenvalue weighted by Gasteiger charge is 2.45. The van der Waals surface area contributed by atoms with Gasteiger partial charge in [0.25, 0.3) is 0 Å². The Hall–Kier alpha value is -0.780. The number of hydrogen-bond acceptors (Lipinski definition) is 2. The lowest BCUT2D eigenvalue weighted by molar-refractivity contribution is -0.190. The third kappa shape index (κ3) is 3.66. The number of halogens is 3. The number of alkyl halides is 3. The van der Waals surface area contributed by atoms with Gasteiger partial charge in [-0.1, -0.05) is 26.2 Å². The molecule has 1 fully saturated rings. The fourth-order valence-corrected chi connectivity index (χ4v) is 1.81. The van der Waals surface area contributed by atoms with Crippen molar-refractivity contribution in [3.05, 3.63) is 0 Å². The lowest BCUT2D eigenvalue weighted by Crippen LogP contribution is -2.49. The van der Waals surface area contributed by atoms with Gasteiger partial charge in [0.05, 0.1) is 0 Å². The van der Waals surface area contributed by atoms with E-state index < -0.39 is 12.2 Å². The second-order valence-corrected chi connectivity index (χ2v) is 4.03. The summed E-state index contributed by atoms with van der Waals surface area (Å²) in [4.78, 5) is 10.9. The van der Waals surface area contributed by atoms with Crippen molar-refractivity contribution in [2.24, 2.45) is 0 Å². The van der Waals surface area contributed by atoms with Crippen LogP contribution in [0.2, 0.25) is 0 Å². The highest BCUT2D eigenvalue weighted by atomic mass is 19.4. The van der Waals surface area contributed by atoms with Gasteiger partial charge in [-0.05, 0) is 6.42 Å². The van der Waals surface area contributed by atoms with Gasteiger partial charge in [-0.15, -0.1) is 0 Å². The van der Waals surface area contributed by atoms with E-state index in [-0.39, 0.29) is 25.3 Å². The SMILES string of the molecule is CCCCC[C@H](N1CCC(=O)N1)C(F)(F)F. The molecule has 0 aromatic heterocycles. The van der Waals surface area contributed by atoms with Crippen LogP contribution >= 0.6 is 0 Å². The fourth-order valence-electron chi connectivity index (χ4n) is 1.81. The highest BCUT2D eigenvalue weighted by Crippen LogP contribution is 2.29. The number of hydrogen-bond donors (Lipinski definition) is 1. The van der Waals surface area contributed by atoms with Crippen molar-refractivity contribution < 1.29 is 18.0 Å². The smallest absolute Gasteiger partial charge is 0.288 e. The van der Waals surface area contributed by atoms with Crippen molar-refractivity contribution in [3.8, 4) is 0 Å². The molecule has 1 saturated heterocycles. The molecule has 1 N–H and O–H groups in total. The van der Waals surface area contributed by atoms with Crippen molar-refractivity contribution in [3.63, 3.8) is 0 Å². The maximum Gasteiger partial charge on any atom is 0.405 e. The molecule has 1 aliphatic rings. The molecule has 94 valence electrons. The average molecular weight is 238 g/mol. The molecule has 0 unspecified atom stereocenters. The standard InChI is InChI=1S/C10H17F3N2O/c1-2-3-4-5-8(10(11,12)13)15-7-6-9(16)14-15/h8H,2-7H2,1H3,(H,14,16)/t8-/m0/s1. The second-order valence-electron chi connectivity index (χ2n) is 4.03. The Morgan fingerprint density at radius 3 is 2.56 bits per heavy atom. The first-order chi connectivity index (χ1) is 7.45. The van der Waals surface area contributed by atoms with E-state index in [1.807, 2.05) is 6.92 Å². The van der Waals surface area contributed by atoms with E-state index >= 15 is 0 Å². The molecule has 0 aromatic carbocycles. The van der Waals surface area contributed by atoms with E-state index in [1.165, 1.54) is 0 Å². The van der Waals surface area contributed by atoms with E-state index in [0.717, 1.165) is 17.9 Å². The van der Waals surface area contributed by atoms with Crippen LogP contribution in [0.3, 0.4) is 0 Å². The van der Waals surface area contributed by atoms with Crippen LogP contribution in [0.1, 0.15) is 39.0 Å². The number of amides is 1. The number of rotatable bonds is 5. The Labute approximate surface area is 93.0 Å². The minimum absolute atomic E-state index is 0.0532. The summed E-state index contributed by atoms with van der Waals surface area (Å²) in [5, 5.41) is 1.03. The quantitative estimate of drug-likeness (QED) is 0.745. The molecular weight excluding hydrogens is 221 g/mol. The van der Waals surface area contributed by atoms with Crippen molar-refractivity contribution in [1.29, 1.82) is 0 Å². The van der Waals surface area contributed by atoms with E-state index in [2.05, 4.69) is 5.43 Å². The van der Waals surface area contributed by atoms with Crippen LogP contribution in [-0.2, 0) is 4.79 Å². The number of nitrogens with zero attached hydrogens (tertiary/aromatic N) is 1. The van der Waals surface area contributed by atoms with E-state index in [4.69, 9.17) is 0 Å². The highest BCUT2D eigenvalue weighted by molar-refractivity contribution is 5.77. The topological polar surface area (TPSA) is 32.3 Å². The number of nitrogens with one attached hydrogen (secondary N) is 1. The molecule has 0 bridgehead atoms. The zero-order valence-electron chi connectivity index (χ0n) is 9.31. The third-order valence-corrected chi connectivity index (χ3v) is 2.68. The van der Waals surface area contributed by atoms with E-state index in [9.17, 15) is 18.0 Å². The maximum atomic E-state index is 12.7. The van der Waals surface area contributed by atoms with Crippen molar-refractivity contribution in [1.82, 2.24) is 10.4 Å². The van der Waals surface area contributed by atoms with Gasteiger partial charge in [0.2, 0.25) is 5.91 Å². The molecule has 1 rings (SSSR count). The van der Waals surface area contributed by atoms with Crippen LogP contribution in [0, 0.1) is 0 Å². The van der Waals surface area contributed by atoms with Crippen LogP contribution in [0.4, 0.5) is 13.2 Å².